The van der Waals surface area contributed by atoms with E-state index in [2.05, 4.69) is 0 Å². The van der Waals surface area contributed by atoms with Gasteiger partial charge in [-0.25, -0.2) is 8.42 Å². The molecular formula is C17H20N2O5S. The Morgan fingerprint density at radius 3 is 2.28 bits per heavy atom. The summed E-state index contributed by atoms with van der Waals surface area (Å²) in [5, 5.41) is 8.96. The third-order valence-electron chi connectivity index (χ3n) is 4.27. The number of benzene rings is 1. The van der Waals surface area contributed by atoms with Crippen LogP contribution in [0.25, 0.3) is 11.3 Å². The van der Waals surface area contributed by atoms with Crippen LogP contribution in [-0.2, 0) is 10.0 Å². The van der Waals surface area contributed by atoms with Crippen LogP contribution in [0.1, 0.15) is 10.6 Å². The van der Waals surface area contributed by atoms with Crippen LogP contribution in [-0.4, -0.2) is 68.3 Å². The molecule has 1 aromatic carbocycles. The summed E-state index contributed by atoms with van der Waals surface area (Å²) >= 11 is 0. The maximum atomic E-state index is 12.7. The van der Waals surface area contributed by atoms with E-state index in [0.717, 1.165) is 0 Å². The van der Waals surface area contributed by atoms with Crippen LogP contribution in [0.2, 0.25) is 0 Å². The number of aliphatic hydroxyl groups is 1. The van der Waals surface area contributed by atoms with Crippen molar-refractivity contribution in [3.8, 4) is 11.3 Å². The van der Waals surface area contributed by atoms with Crippen LogP contribution >= 0.6 is 0 Å². The van der Waals surface area contributed by atoms with E-state index in [4.69, 9.17) is 9.52 Å². The van der Waals surface area contributed by atoms with Gasteiger partial charge in [-0.15, -0.1) is 0 Å². The highest BCUT2D eigenvalue weighted by Crippen LogP contribution is 2.25. The molecular weight excluding hydrogens is 344 g/mol. The van der Waals surface area contributed by atoms with Crippen molar-refractivity contribution in [3.63, 3.8) is 0 Å². The molecule has 1 fully saturated rings. The Morgan fingerprint density at radius 2 is 1.72 bits per heavy atom. The van der Waals surface area contributed by atoms with E-state index >= 15 is 0 Å². The normalized spacial score (nSPS) is 16.8. The lowest BCUT2D eigenvalue weighted by molar-refractivity contribution is 0.110. The summed E-state index contributed by atoms with van der Waals surface area (Å²) in [6.45, 7) is 2.68. The Kier molecular flexibility index (Phi) is 5.33. The second-order valence-electron chi connectivity index (χ2n) is 5.81. The van der Waals surface area contributed by atoms with E-state index in [0.29, 0.717) is 50.3 Å². The summed E-state index contributed by atoms with van der Waals surface area (Å²) in [4.78, 5) is 12.9. The van der Waals surface area contributed by atoms with Crippen LogP contribution in [0.5, 0.6) is 0 Å². The minimum Gasteiger partial charge on any atom is -0.453 e. The number of β-amino-alcohol motifs (C(OH)–C–C–N with tert-alkyl or cyclic N) is 1. The molecule has 8 heteroatoms. The van der Waals surface area contributed by atoms with Crippen LogP contribution in [0, 0.1) is 0 Å². The zero-order valence-electron chi connectivity index (χ0n) is 13.7. The molecule has 25 heavy (non-hydrogen) atoms. The van der Waals surface area contributed by atoms with Gasteiger partial charge in [-0.05, 0) is 36.4 Å². The van der Waals surface area contributed by atoms with Crippen molar-refractivity contribution in [3.05, 3.63) is 42.2 Å². The Morgan fingerprint density at radius 1 is 1.04 bits per heavy atom. The van der Waals surface area contributed by atoms with Crippen molar-refractivity contribution in [1.29, 1.82) is 0 Å². The minimum atomic E-state index is -3.54. The molecule has 0 unspecified atom stereocenters. The summed E-state index contributed by atoms with van der Waals surface area (Å²) in [5.41, 5.74) is 0.708. The summed E-state index contributed by atoms with van der Waals surface area (Å²) in [5.74, 6) is 0.746. The van der Waals surface area contributed by atoms with Gasteiger partial charge in [0.15, 0.2) is 12.0 Å². The quantitative estimate of drug-likeness (QED) is 0.771. The van der Waals surface area contributed by atoms with E-state index in [1.807, 2.05) is 4.90 Å². The molecule has 0 saturated carbocycles. The van der Waals surface area contributed by atoms with E-state index in [1.54, 1.807) is 36.4 Å². The van der Waals surface area contributed by atoms with Crippen LogP contribution in [0.15, 0.2) is 45.7 Å². The molecule has 0 spiro atoms. The largest absolute Gasteiger partial charge is 0.453 e. The summed E-state index contributed by atoms with van der Waals surface area (Å²) in [7, 11) is -3.54. The molecule has 3 rings (SSSR count). The fourth-order valence-electron chi connectivity index (χ4n) is 2.85. The number of carbonyl (C=O) groups is 1. The Labute approximate surface area is 146 Å². The minimum absolute atomic E-state index is 0.0762. The first-order chi connectivity index (χ1) is 12.0. The van der Waals surface area contributed by atoms with Crippen molar-refractivity contribution in [1.82, 2.24) is 9.21 Å². The molecule has 1 aliphatic rings. The standard InChI is InChI=1S/C17H20N2O5S/c20-12-11-18-7-9-19(10-8-18)25(22,23)16-4-1-14(2-5-16)17-6-3-15(13-21)24-17/h1-6,13,20H,7-12H2. The van der Waals surface area contributed by atoms with E-state index in [1.165, 1.54) is 4.31 Å². The molecule has 0 bridgehead atoms. The predicted molar refractivity (Wildman–Crippen MR) is 91.8 cm³/mol. The molecule has 1 saturated heterocycles. The number of carbonyl (C=O) groups excluding carboxylic acids is 1. The van der Waals surface area contributed by atoms with Gasteiger partial charge in [0.1, 0.15) is 5.76 Å². The number of sulfonamides is 1. The molecule has 1 N–H and O–H groups in total. The summed E-state index contributed by atoms with van der Waals surface area (Å²) in [6, 6.07) is 9.68. The molecule has 0 atom stereocenters. The number of piperazine rings is 1. The molecule has 7 nitrogen and oxygen atoms in total. The zero-order chi connectivity index (χ0) is 17.9. The van der Waals surface area contributed by atoms with Gasteiger partial charge < -0.3 is 9.52 Å². The van der Waals surface area contributed by atoms with Gasteiger partial charge in [0.2, 0.25) is 10.0 Å². The molecule has 0 amide bonds. The predicted octanol–water partition coefficient (Wildman–Crippen LogP) is 1.06. The lowest BCUT2D eigenvalue weighted by atomic mass is 10.2. The number of rotatable bonds is 6. The topological polar surface area (TPSA) is 91.1 Å². The molecule has 134 valence electrons. The van der Waals surface area contributed by atoms with Gasteiger partial charge in [-0.1, -0.05) is 0 Å². The van der Waals surface area contributed by atoms with Crippen LogP contribution in [0.3, 0.4) is 0 Å². The number of aldehydes is 1. The Bertz CT molecular complexity index is 821. The maximum absolute atomic E-state index is 12.7. The van der Waals surface area contributed by atoms with Gasteiger partial charge >= 0.3 is 0 Å². The highest BCUT2D eigenvalue weighted by atomic mass is 32.2. The van der Waals surface area contributed by atoms with Crippen molar-refractivity contribution in [2.24, 2.45) is 0 Å². The van der Waals surface area contributed by atoms with Crippen molar-refractivity contribution >= 4 is 16.3 Å². The highest BCUT2D eigenvalue weighted by molar-refractivity contribution is 7.89. The number of furan rings is 1. The van der Waals surface area contributed by atoms with E-state index < -0.39 is 10.0 Å². The van der Waals surface area contributed by atoms with Gasteiger partial charge in [0, 0.05) is 38.3 Å². The molecule has 0 aliphatic carbocycles. The maximum Gasteiger partial charge on any atom is 0.243 e. The summed E-state index contributed by atoms with van der Waals surface area (Å²) < 4.78 is 32.3. The lowest BCUT2D eigenvalue weighted by Gasteiger charge is -2.33. The first-order valence-corrected chi connectivity index (χ1v) is 9.47. The van der Waals surface area contributed by atoms with Crippen molar-refractivity contribution < 1.29 is 22.7 Å². The molecule has 0 radical (unpaired) electrons. The van der Waals surface area contributed by atoms with Crippen LogP contribution < -0.4 is 0 Å². The van der Waals surface area contributed by atoms with Gasteiger partial charge in [-0.2, -0.15) is 4.31 Å². The number of aliphatic hydroxyl groups excluding tert-OH is 1. The first-order valence-electron chi connectivity index (χ1n) is 8.03. The first kappa shape index (κ1) is 17.8. The van der Waals surface area contributed by atoms with E-state index in [-0.39, 0.29) is 17.3 Å². The zero-order valence-corrected chi connectivity index (χ0v) is 14.5. The molecule has 1 aliphatic heterocycles. The highest BCUT2D eigenvalue weighted by Gasteiger charge is 2.28. The number of hydrogen-bond donors (Lipinski definition) is 1. The number of hydrogen-bond acceptors (Lipinski definition) is 6. The molecule has 2 heterocycles. The second-order valence-corrected chi connectivity index (χ2v) is 7.75. The fourth-order valence-corrected chi connectivity index (χ4v) is 4.27. The monoisotopic (exact) mass is 364 g/mol. The van der Waals surface area contributed by atoms with Crippen molar-refractivity contribution in [2.45, 2.75) is 4.90 Å². The smallest absolute Gasteiger partial charge is 0.243 e. The fraction of sp³-hybridized carbons (Fsp3) is 0.353. The third-order valence-corrected chi connectivity index (χ3v) is 6.18. The number of nitrogens with zero attached hydrogens (tertiary/aromatic N) is 2. The lowest BCUT2D eigenvalue weighted by Crippen LogP contribution is -2.49. The summed E-state index contributed by atoms with van der Waals surface area (Å²) in [6.07, 6.45) is 0.624. The van der Waals surface area contributed by atoms with Gasteiger partial charge in [0.05, 0.1) is 11.5 Å². The van der Waals surface area contributed by atoms with E-state index in [9.17, 15) is 13.2 Å². The average Bonchev–Trinajstić information content (AvgIpc) is 3.12. The second kappa shape index (κ2) is 7.49. The average molecular weight is 364 g/mol. The molecule has 1 aromatic heterocycles. The Balaban J connectivity index is 1.73. The van der Waals surface area contributed by atoms with Gasteiger partial charge in [0.25, 0.3) is 0 Å². The van der Waals surface area contributed by atoms with Crippen LogP contribution in [0.4, 0.5) is 0 Å². The SMILES string of the molecule is O=Cc1ccc(-c2ccc(S(=O)(=O)N3CCN(CCO)CC3)cc2)o1. The van der Waals surface area contributed by atoms with Gasteiger partial charge in [-0.3, -0.25) is 9.69 Å². The molecule has 2 aromatic rings. The Hall–Kier alpha value is -2.00. The van der Waals surface area contributed by atoms with Crippen molar-refractivity contribution in [2.75, 3.05) is 39.3 Å². The third kappa shape index (κ3) is 3.82.